The summed E-state index contributed by atoms with van der Waals surface area (Å²) in [5.74, 6) is -1.97. The Morgan fingerprint density at radius 2 is 1.70 bits per heavy atom. The van der Waals surface area contributed by atoms with Crippen LogP contribution in [-0.2, 0) is 0 Å². The van der Waals surface area contributed by atoms with Crippen LogP contribution in [0.25, 0.3) is 0 Å². The number of carbonyl (C=O) groups excluding carboxylic acids is 1. The molecule has 0 radical (unpaired) electrons. The molecule has 0 bridgehead atoms. The zero-order chi connectivity index (χ0) is 14.7. The highest BCUT2D eigenvalue weighted by Gasteiger charge is 2.12. The number of phenols is 1. The first kappa shape index (κ1) is 14.1. The molecule has 20 heavy (non-hydrogen) atoms. The van der Waals surface area contributed by atoms with E-state index in [-0.39, 0.29) is 17.2 Å². The van der Waals surface area contributed by atoms with E-state index in [4.69, 9.17) is 5.11 Å². The maximum absolute atomic E-state index is 12.0. The number of benzene rings is 2. The van der Waals surface area contributed by atoms with Gasteiger partial charge >= 0.3 is 5.97 Å². The van der Waals surface area contributed by atoms with Gasteiger partial charge in [-0.25, -0.2) is 4.79 Å². The summed E-state index contributed by atoms with van der Waals surface area (Å²) in [5.41, 5.74) is 0.477. The van der Waals surface area contributed by atoms with E-state index in [1.165, 1.54) is 18.2 Å². The first-order valence-electron chi connectivity index (χ1n) is 5.60. The SMILES string of the molecule is O=C(Nc1ccc(O)c(C(=O)O)c1)c1ccc(Br)cc1. The fourth-order valence-electron chi connectivity index (χ4n) is 1.59. The van der Waals surface area contributed by atoms with Gasteiger partial charge in [0.05, 0.1) is 0 Å². The van der Waals surface area contributed by atoms with E-state index in [0.717, 1.165) is 4.47 Å². The topological polar surface area (TPSA) is 86.6 Å². The van der Waals surface area contributed by atoms with Gasteiger partial charge in [-0.1, -0.05) is 15.9 Å². The number of halogens is 1. The normalized spacial score (nSPS) is 10.1. The van der Waals surface area contributed by atoms with E-state index in [2.05, 4.69) is 21.2 Å². The van der Waals surface area contributed by atoms with Gasteiger partial charge in [0.15, 0.2) is 0 Å². The molecule has 3 N–H and O–H groups in total. The molecular weight excluding hydrogens is 326 g/mol. The predicted octanol–water partition coefficient (Wildman–Crippen LogP) is 3.11. The van der Waals surface area contributed by atoms with Crippen LogP contribution in [0.4, 0.5) is 5.69 Å². The van der Waals surface area contributed by atoms with Gasteiger partial charge in [0.25, 0.3) is 5.91 Å². The number of anilines is 1. The second-order valence-corrected chi connectivity index (χ2v) is 4.91. The highest BCUT2D eigenvalue weighted by molar-refractivity contribution is 9.10. The molecule has 0 aromatic heterocycles. The lowest BCUT2D eigenvalue weighted by Gasteiger charge is -2.07. The molecule has 1 amide bonds. The second-order valence-electron chi connectivity index (χ2n) is 4.00. The number of nitrogens with one attached hydrogen (secondary N) is 1. The Morgan fingerprint density at radius 3 is 2.30 bits per heavy atom. The molecule has 0 saturated heterocycles. The number of hydrogen-bond acceptors (Lipinski definition) is 3. The number of hydrogen-bond donors (Lipinski definition) is 3. The van der Waals surface area contributed by atoms with Gasteiger partial charge in [-0.05, 0) is 42.5 Å². The molecule has 0 aliphatic heterocycles. The predicted molar refractivity (Wildman–Crippen MR) is 77.2 cm³/mol. The molecule has 0 saturated carbocycles. The Kier molecular flexibility index (Phi) is 4.05. The van der Waals surface area contributed by atoms with Crippen LogP contribution >= 0.6 is 15.9 Å². The largest absolute Gasteiger partial charge is 0.507 e. The molecule has 2 rings (SSSR count). The van der Waals surface area contributed by atoms with Crippen LogP contribution in [0.3, 0.4) is 0 Å². The highest BCUT2D eigenvalue weighted by Crippen LogP contribution is 2.22. The van der Waals surface area contributed by atoms with Crippen molar-refractivity contribution in [2.75, 3.05) is 5.32 Å². The molecule has 5 nitrogen and oxygen atoms in total. The fraction of sp³-hybridized carbons (Fsp3) is 0. The molecule has 0 atom stereocenters. The molecule has 2 aromatic carbocycles. The van der Waals surface area contributed by atoms with E-state index in [0.29, 0.717) is 11.3 Å². The highest BCUT2D eigenvalue weighted by atomic mass is 79.9. The maximum atomic E-state index is 12.0. The number of carboxylic acid groups (broad SMARTS) is 1. The lowest BCUT2D eigenvalue weighted by molar-refractivity contribution is 0.0693. The van der Waals surface area contributed by atoms with E-state index in [1.54, 1.807) is 24.3 Å². The average Bonchev–Trinajstić information content (AvgIpc) is 2.41. The first-order chi connectivity index (χ1) is 9.47. The molecule has 0 heterocycles. The van der Waals surface area contributed by atoms with Gasteiger partial charge in [-0.3, -0.25) is 4.79 Å². The molecule has 0 fully saturated rings. The summed E-state index contributed by atoms with van der Waals surface area (Å²) in [6.07, 6.45) is 0. The summed E-state index contributed by atoms with van der Waals surface area (Å²) in [7, 11) is 0. The number of aromatic hydroxyl groups is 1. The monoisotopic (exact) mass is 335 g/mol. The Labute approximate surface area is 123 Å². The van der Waals surface area contributed by atoms with Crippen molar-refractivity contribution in [3.8, 4) is 5.75 Å². The molecule has 0 unspecified atom stereocenters. The zero-order valence-corrected chi connectivity index (χ0v) is 11.7. The zero-order valence-electron chi connectivity index (χ0n) is 10.1. The Hall–Kier alpha value is -2.34. The molecule has 102 valence electrons. The van der Waals surface area contributed by atoms with E-state index >= 15 is 0 Å². The number of amides is 1. The molecule has 6 heteroatoms. The van der Waals surface area contributed by atoms with Gasteiger partial charge in [0, 0.05) is 15.7 Å². The van der Waals surface area contributed by atoms with Crippen molar-refractivity contribution in [1.82, 2.24) is 0 Å². The average molecular weight is 336 g/mol. The lowest BCUT2D eigenvalue weighted by Crippen LogP contribution is -2.12. The van der Waals surface area contributed by atoms with Crippen molar-refractivity contribution in [1.29, 1.82) is 0 Å². The maximum Gasteiger partial charge on any atom is 0.339 e. The van der Waals surface area contributed by atoms with Crippen LogP contribution in [0, 0.1) is 0 Å². The minimum absolute atomic E-state index is 0.265. The van der Waals surface area contributed by atoms with Crippen LogP contribution in [0.15, 0.2) is 46.9 Å². The molecule has 0 aliphatic rings. The minimum atomic E-state index is -1.26. The Bertz CT molecular complexity index is 667. The van der Waals surface area contributed by atoms with E-state index < -0.39 is 5.97 Å². The van der Waals surface area contributed by atoms with Crippen molar-refractivity contribution < 1.29 is 19.8 Å². The fourth-order valence-corrected chi connectivity index (χ4v) is 1.85. The summed E-state index contributed by atoms with van der Waals surface area (Å²) in [5, 5.41) is 20.9. The summed E-state index contributed by atoms with van der Waals surface area (Å²) >= 11 is 3.27. The van der Waals surface area contributed by atoms with Gasteiger partial charge in [0.2, 0.25) is 0 Å². The van der Waals surface area contributed by atoms with Crippen molar-refractivity contribution in [2.45, 2.75) is 0 Å². The van der Waals surface area contributed by atoms with Crippen LogP contribution in [0.2, 0.25) is 0 Å². The smallest absolute Gasteiger partial charge is 0.339 e. The molecule has 0 aliphatic carbocycles. The third-order valence-corrected chi connectivity index (χ3v) is 3.12. The summed E-state index contributed by atoms with van der Waals surface area (Å²) in [6, 6.07) is 10.6. The van der Waals surface area contributed by atoms with Crippen LogP contribution < -0.4 is 5.32 Å². The molecule has 2 aromatic rings. The first-order valence-corrected chi connectivity index (χ1v) is 6.40. The van der Waals surface area contributed by atoms with Crippen molar-refractivity contribution in [3.05, 3.63) is 58.1 Å². The van der Waals surface area contributed by atoms with E-state index in [9.17, 15) is 14.7 Å². The second kappa shape index (κ2) is 5.75. The Morgan fingerprint density at radius 1 is 1.05 bits per heavy atom. The van der Waals surface area contributed by atoms with Gasteiger partial charge in [-0.15, -0.1) is 0 Å². The van der Waals surface area contributed by atoms with Crippen LogP contribution in [0.1, 0.15) is 20.7 Å². The number of aromatic carboxylic acids is 1. The number of rotatable bonds is 3. The summed E-state index contributed by atoms with van der Waals surface area (Å²) < 4.78 is 0.854. The van der Waals surface area contributed by atoms with Crippen LogP contribution in [-0.4, -0.2) is 22.1 Å². The number of carboxylic acids is 1. The lowest BCUT2D eigenvalue weighted by atomic mass is 10.1. The summed E-state index contributed by atoms with van der Waals surface area (Å²) in [6.45, 7) is 0. The quantitative estimate of drug-likeness (QED) is 0.752. The summed E-state index contributed by atoms with van der Waals surface area (Å²) in [4.78, 5) is 22.8. The van der Waals surface area contributed by atoms with Gasteiger partial charge in [-0.2, -0.15) is 0 Å². The van der Waals surface area contributed by atoms with Gasteiger partial charge < -0.3 is 15.5 Å². The standard InChI is InChI=1S/C14H10BrNO4/c15-9-3-1-8(2-4-9)13(18)16-10-5-6-12(17)11(7-10)14(19)20/h1-7,17H,(H,16,18)(H,19,20). The van der Waals surface area contributed by atoms with Crippen molar-refractivity contribution >= 4 is 33.5 Å². The third kappa shape index (κ3) is 3.16. The van der Waals surface area contributed by atoms with E-state index in [1.807, 2.05) is 0 Å². The molecular formula is C14H10BrNO4. The third-order valence-electron chi connectivity index (χ3n) is 2.59. The number of carbonyl (C=O) groups is 2. The van der Waals surface area contributed by atoms with Crippen molar-refractivity contribution in [2.24, 2.45) is 0 Å². The van der Waals surface area contributed by atoms with Crippen LogP contribution in [0.5, 0.6) is 5.75 Å². The van der Waals surface area contributed by atoms with Gasteiger partial charge in [0.1, 0.15) is 11.3 Å². The minimum Gasteiger partial charge on any atom is -0.507 e. The molecule has 0 spiro atoms. The Balaban J connectivity index is 2.21. The van der Waals surface area contributed by atoms with Crippen molar-refractivity contribution in [3.63, 3.8) is 0 Å².